The van der Waals surface area contributed by atoms with Crippen LogP contribution >= 0.6 is 0 Å². The van der Waals surface area contributed by atoms with Crippen molar-refractivity contribution in [3.8, 4) is 0 Å². The van der Waals surface area contributed by atoms with Crippen molar-refractivity contribution >= 4 is 35.7 Å². The van der Waals surface area contributed by atoms with Crippen molar-refractivity contribution in [1.29, 1.82) is 0 Å². The highest BCUT2D eigenvalue weighted by atomic mass is 16.4. The second kappa shape index (κ2) is 19.7. The van der Waals surface area contributed by atoms with Crippen molar-refractivity contribution in [3.05, 3.63) is 0 Å². The molecule has 15 nitrogen and oxygen atoms in total. The van der Waals surface area contributed by atoms with Crippen LogP contribution in [0.5, 0.6) is 0 Å². The number of primary amides is 1. The van der Waals surface area contributed by atoms with Crippen molar-refractivity contribution in [2.24, 2.45) is 22.9 Å². The molecular weight excluding hydrogens is 434 g/mol. The van der Waals surface area contributed by atoms with Gasteiger partial charge in [-0.2, -0.15) is 0 Å². The van der Waals surface area contributed by atoms with Crippen LogP contribution in [-0.4, -0.2) is 80.8 Å². The fraction of sp³-hybridized carbons (Fsp3) is 0.647. The van der Waals surface area contributed by atoms with Gasteiger partial charge in [-0.1, -0.05) is 0 Å². The Kier molecular flexibility index (Phi) is 20.5. The van der Waals surface area contributed by atoms with E-state index in [-0.39, 0.29) is 44.4 Å². The number of carbonyl (C=O) groups is 6. The fourth-order valence-corrected chi connectivity index (χ4v) is 1.52. The topological polar surface area (TPSA) is 299 Å². The van der Waals surface area contributed by atoms with Crippen molar-refractivity contribution in [3.63, 3.8) is 0 Å². The van der Waals surface area contributed by atoms with Gasteiger partial charge in [0.05, 0.1) is 0 Å². The average molecular weight is 467 g/mol. The molecule has 0 aliphatic rings. The average Bonchev–Trinajstić information content (AvgIpc) is 2.69. The van der Waals surface area contributed by atoms with E-state index in [0.29, 0.717) is 6.54 Å². The Hall–Kier alpha value is -3.30. The van der Waals surface area contributed by atoms with E-state index >= 15 is 0 Å². The van der Waals surface area contributed by atoms with Gasteiger partial charge in [0.2, 0.25) is 11.8 Å². The molecule has 3 atom stereocenters. The largest absolute Gasteiger partial charge is 0.481 e. The summed E-state index contributed by atoms with van der Waals surface area (Å²) in [5.41, 5.74) is 20.0. The predicted octanol–water partition coefficient (Wildman–Crippen LogP) is -2.76. The number of hydrogen-bond donors (Lipinski definition) is 9. The maximum atomic E-state index is 10.8. The third-order valence-electron chi connectivity index (χ3n) is 3.38. The van der Waals surface area contributed by atoms with Crippen LogP contribution in [0, 0.1) is 0 Å². The maximum absolute atomic E-state index is 10.8. The molecule has 0 aliphatic heterocycles. The molecule has 0 rings (SSSR count). The first-order valence-corrected chi connectivity index (χ1v) is 9.37. The molecule has 0 heterocycles. The summed E-state index contributed by atoms with van der Waals surface area (Å²) in [5, 5.41) is 35.4. The van der Waals surface area contributed by atoms with E-state index < -0.39 is 47.9 Å². The number of hydrogen-bond acceptors (Lipinski definition) is 9. The Morgan fingerprint density at radius 3 is 1.31 bits per heavy atom. The summed E-state index contributed by atoms with van der Waals surface area (Å²) in [6.45, 7) is 2.36. The van der Waals surface area contributed by atoms with Crippen LogP contribution in [0.25, 0.3) is 0 Å². The quantitative estimate of drug-likeness (QED) is 0.133. The smallest absolute Gasteiger partial charge is 0.320 e. The monoisotopic (exact) mass is 467 g/mol. The molecule has 0 aromatic carbocycles. The summed E-state index contributed by atoms with van der Waals surface area (Å²) in [4.78, 5) is 61.0. The van der Waals surface area contributed by atoms with Crippen LogP contribution in [0.1, 0.15) is 45.4 Å². The van der Waals surface area contributed by atoms with E-state index in [4.69, 9.17) is 43.4 Å². The Bertz CT molecular complexity index is 595. The maximum Gasteiger partial charge on any atom is 0.320 e. The Morgan fingerprint density at radius 1 is 0.688 bits per heavy atom. The zero-order valence-electron chi connectivity index (χ0n) is 17.7. The van der Waals surface area contributed by atoms with E-state index in [2.05, 4.69) is 5.32 Å². The van der Waals surface area contributed by atoms with Gasteiger partial charge in [0, 0.05) is 25.8 Å². The van der Waals surface area contributed by atoms with Crippen molar-refractivity contribution in [2.45, 2.75) is 63.6 Å². The molecule has 0 spiro atoms. The fourth-order valence-electron chi connectivity index (χ4n) is 1.52. The molecule has 0 aromatic rings. The van der Waals surface area contributed by atoms with E-state index in [1.807, 2.05) is 0 Å². The number of aliphatic carboxylic acids is 4. The first-order valence-electron chi connectivity index (χ1n) is 9.37. The van der Waals surface area contributed by atoms with Gasteiger partial charge in [-0.25, -0.2) is 0 Å². The van der Waals surface area contributed by atoms with Gasteiger partial charge in [0.1, 0.15) is 18.1 Å². The number of carbonyl (C=O) groups excluding carboxylic acids is 2. The Balaban J connectivity index is -0.000000397. The minimum atomic E-state index is -1.17. The van der Waals surface area contributed by atoms with Gasteiger partial charge in [0.15, 0.2) is 0 Å². The van der Waals surface area contributed by atoms with Gasteiger partial charge >= 0.3 is 23.9 Å². The number of nitrogens with two attached hydrogens (primary N) is 4. The van der Waals surface area contributed by atoms with Crippen molar-refractivity contribution < 1.29 is 49.2 Å². The minimum absolute atomic E-state index is 0.0213. The second-order valence-corrected chi connectivity index (χ2v) is 6.26. The minimum Gasteiger partial charge on any atom is -0.481 e. The zero-order chi connectivity index (χ0) is 25.9. The van der Waals surface area contributed by atoms with Crippen LogP contribution < -0.4 is 28.3 Å². The molecular formula is C17H33N5O10. The summed E-state index contributed by atoms with van der Waals surface area (Å²) >= 11 is 0. The van der Waals surface area contributed by atoms with Crippen molar-refractivity contribution in [2.75, 3.05) is 6.54 Å². The first-order chi connectivity index (χ1) is 14.6. The lowest BCUT2D eigenvalue weighted by Gasteiger charge is -2.05. The number of carboxylic acids is 4. The lowest BCUT2D eigenvalue weighted by atomic mass is 10.1. The number of carboxylic acid groups (broad SMARTS) is 4. The number of amides is 2. The molecule has 3 unspecified atom stereocenters. The Labute approximate surface area is 184 Å². The van der Waals surface area contributed by atoms with E-state index in [9.17, 15) is 28.8 Å². The standard InChI is InChI=1S/C7H14N2O3.C5H10N2O3.C5H9NO4/c1-2-9-6(10)4-3-5(8)7(11)12;2*6-3(5(9)10)1-2-4(7)8/h5H,2-4,8H2,1H3,(H,9,10)(H,11,12);3H,1-2,6H2,(H2,7,8)(H,9,10);3H,1-2,6H2,(H,7,8)(H,9,10). The Morgan fingerprint density at radius 2 is 1.03 bits per heavy atom. The lowest BCUT2D eigenvalue weighted by molar-refractivity contribution is -0.141. The summed E-state index contributed by atoms with van der Waals surface area (Å²) in [6.07, 6.45) is 0.249. The highest BCUT2D eigenvalue weighted by Crippen LogP contribution is 1.94. The molecule has 2 amide bonds. The molecule has 186 valence electrons. The number of rotatable bonds is 13. The van der Waals surface area contributed by atoms with Gasteiger partial charge < -0.3 is 48.7 Å². The van der Waals surface area contributed by atoms with Gasteiger partial charge in [0.25, 0.3) is 0 Å². The predicted molar refractivity (Wildman–Crippen MR) is 110 cm³/mol. The third kappa shape index (κ3) is 24.7. The third-order valence-corrected chi connectivity index (χ3v) is 3.38. The van der Waals surface area contributed by atoms with E-state index in [0.717, 1.165) is 0 Å². The van der Waals surface area contributed by atoms with Crippen LogP contribution in [0.4, 0.5) is 0 Å². The van der Waals surface area contributed by atoms with E-state index in [1.54, 1.807) is 6.92 Å². The molecule has 0 saturated heterocycles. The molecule has 15 heteroatoms. The molecule has 0 aromatic heterocycles. The van der Waals surface area contributed by atoms with Crippen LogP contribution in [0.3, 0.4) is 0 Å². The molecule has 13 N–H and O–H groups in total. The van der Waals surface area contributed by atoms with Crippen LogP contribution in [0.15, 0.2) is 0 Å². The molecule has 0 aliphatic carbocycles. The highest BCUT2D eigenvalue weighted by molar-refractivity contribution is 5.78. The molecule has 0 radical (unpaired) electrons. The molecule has 32 heavy (non-hydrogen) atoms. The van der Waals surface area contributed by atoms with Crippen molar-refractivity contribution in [1.82, 2.24) is 5.32 Å². The summed E-state index contributed by atoms with van der Waals surface area (Å²) < 4.78 is 0. The SMILES string of the molecule is CCNC(=O)CCC(N)C(=O)O.NC(=O)CCC(N)C(=O)O.NC(CCC(=O)O)C(=O)O. The molecule has 0 fully saturated rings. The van der Waals surface area contributed by atoms with Gasteiger partial charge in [-0.15, -0.1) is 0 Å². The molecule has 0 saturated carbocycles. The summed E-state index contributed by atoms with van der Waals surface area (Å²) in [6, 6.07) is -2.98. The highest BCUT2D eigenvalue weighted by Gasteiger charge is 2.13. The first kappa shape index (κ1) is 33.3. The normalized spacial score (nSPS) is 12.4. The van der Waals surface area contributed by atoms with Gasteiger partial charge in [-0.3, -0.25) is 28.8 Å². The molecule has 0 bridgehead atoms. The number of nitrogens with one attached hydrogen (secondary N) is 1. The summed E-state index contributed by atoms with van der Waals surface area (Å²) in [5.74, 6) is -5.07. The van der Waals surface area contributed by atoms with Crippen LogP contribution in [-0.2, 0) is 28.8 Å². The van der Waals surface area contributed by atoms with Gasteiger partial charge in [-0.05, 0) is 26.2 Å². The van der Waals surface area contributed by atoms with E-state index in [1.165, 1.54) is 0 Å². The lowest BCUT2D eigenvalue weighted by Crippen LogP contribution is -2.32. The second-order valence-electron chi connectivity index (χ2n) is 6.26. The van der Waals surface area contributed by atoms with Crippen LogP contribution in [0.2, 0.25) is 0 Å². The zero-order valence-corrected chi connectivity index (χ0v) is 17.7. The summed E-state index contributed by atoms with van der Waals surface area (Å²) in [7, 11) is 0.